The van der Waals surface area contributed by atoms with Crippen LogP contribution in [0.2, 0.25) is 0 Å². The third-order valence-electron chi connectivity index (χ3n) is 2.16. The van der Waals surface area contributed by atoms with Crippen LogP contribution in [0.1, 0.15) is 17.3 Å². The molecule has 0 spiro atoms. The van der Waals surface area contributed by atoms with E-state index in [1.807, 2.05) is 0 Å². The Hall–Kier alpha value is -2.04. The fourth-order valence-electron chi connectivity index (χ4n) is 1.35. The van der Waals surface area contributed by atoms with Gasteiger partial charge in [-0.2, -0.15) is 0 Å². The van der Waals surface area contributed by atoms with Crippen LogP contribution >= 0.6 is 0 Å². The van der Waals surface area contributed by atoms with Gasteiger partial charge < -0.3 is 15.2 Å². The Kier molecular flexibility index (Phi) is 2.07. The second kappa shape index (κ2) is 3.27. The molecule has 2 N–H and O–H groups in total. The minimum Gasteiger partial charge on any atom is -0.478 e. The van der Waals surface area contributed by atoms with Crippen LogP contribution in [-0.4, -0.2) is 23.1 Å². The average molecular weight is 207 g/mol. The second-order valence-electron chi connectivity index (χ2n) is 3.30. The molecule has 1 aromatic rings. The minimum absolute atomic E-state index is 0.0953. The zero-order valence-electron chi connectivity index (χ0n) is 7.98. The monoisotopic (exact) mass is 207 g/mol. The van der Waals surface area contributed by atoms with Gasteiger partial charge in [0, 0.05) is 0 Å². The number of anilines is 1. The molecule has 0 aromatic heterocycles. The molecule has 0 amide bonds. The average Bonchev–Trinajstić information content (AvgIpc) is 2.19. The van der Waals surface area contributed by atoms with Crippen molar-refractivity contribution >= 4 is 17.6 Å². The Morgan fingerprint density at radius 3 is 2.93 bits per heavy atom. The Balaban J connectivity index is 2.41. The largest absolute Gasteiger partial charge is 0.478 e. The number of benzene rings is 1. The Morgan fingerprint density at radius 1 is 1.53 bits per heavy atom. The van der Waals surface area contributed by atoms with Crippen molar-refractivity contribution in [3.63, 3.8) is 0 Å². The number of carbonyl (C=O) groups is 2. The summed E-state index contributed by atoms with van der Waals surface area (Å²) < 4.78 is 4.97. The summed E-state index contributed by atoms with van der Waals surface area (Å²) in [4.78, 5) is 21.9. The van der Waals surface area contributed by atoms with E-state index in [0.717, 1.165) is 0 Å². The highest BCUT2D eigenvalue weighted by atomic mass is 16.5. The summed E-state index contributed by atoms with van der Waals surface area (Å²) in [6.07, 6.45) is 0. The van der Waals surface area contributed by atoms with Crippen molar-refractivity contribution in [1.82, 2.24) is 0 Å². The number of nitrogens with one attached hydrogen (secondary N) is 1. The molecule has 0 radical (unpaired) electrons. The third-order valence-corrected chi connectivity index (χ3v) is 2.16. The molecule has 1 atom stereocenters. The molecule has 1 aromatic carbocycles. The molecule has 1 aliphatic rings. The normalized spacial score (nSPS) is 18.7. The fraction of sp³-hybridized carbons (Fsp3) is 0.200. The first-order valence-corrected chi connectivity index (χ1v) is 4.43. The first-order chi connectivity index (χ1) is 7.08. The topological polar surface area (TPSA) is 75.6 Å². The number of carboxylic acids is 1. The molecule has 0 bridgehead atoms. The second-order valence-corrected chi connectivity index (χ2v) is 3.30. The number of fused-ring (bicyclic) bond motifs is 1. The molecule has 0 saturated carbocycles. The number of carbonyl (C=O) groups excluding carboxylic acids is 1. The van der Waals surface area contributed by atoms with Gasteiger partial charge in [-0.15, -0.1) is 0 Å². The van der Waals surface area contributed by atoms with Crippen LogP contribution in [0, 0.1) is 0 Å². The number of esters is 1. The maximum absolute atomic E-state index is 11.2. The van der Waals surface area contributed by atoms with Crippen molar-refractivity contribution in [2.75, 3.05) is 5.32 Å². The van der Waals surface area contributed by atoms with E-state index in [-0.39, 0.29) is 11.3 Å². The third kappa shape index (κ3) is 1.63. The van der Waals surface area contributed by atoms with Gasteiger partial charge in [0.05, 0.1) is 11.3 Å². The van der Waals surface area contributed by atoms with Crippen molar-refractivity contribution in [3.05, 3.63) is 23.8 Å². The SMILES string of the molecule is CC1Nc2ccc(C(=O)O)cc2OC1=O. The zero-order chi connectivity index (χ0) is 11.0. The number of aromatic carboxylic acids is 1. The highest BCUT2D eigenvalue weighted by Crippen LogP contribution is 2.30. The van der Waals surface area contributed by atoms with Crippen LogP contribution in [0.5, 0.6) is 5.75 Å². The van der Waals surface area contributed by atoms with E-state index < -0.39 is 18.0 Å². The number of rotatable bonds is 1. The lowest BCUT2D eigenvalue weighted by Crippen LogP contribution is -2.34. The molecule has 1 unspecified atom stereocenters. The maximum Gasteiger partial charge on any atom is 0.335 e. The molecule has 1 heterocycles. The van der Waals surface area contributed by atoms with Crippen molar-refractivity contribution in [2.24, 2.45) is 0 Å². The van der Waals surface area contributed by atoms with E-state index >= 15 is 0 Å². The van der Waals surface area contributed by atoms with Gasteiger partial charge in [-0.3, -0.25) is 0 Å². The molecule has 0 fully saturated rings. The van der Waals surface area contributed by atoms with Gasteiger partial charge in [-0.25, -0.2) is 9.59 Å². The Bertz CT molecular complexity index is 441. The van der Waals surface area contributed by atoms with Crippen LogP contribution < -0.4 is 10.1 Å². The zero-order valence-corrected chi connectivity index (χ0v) is 7.98. The van der Waals surface area contributed by atoms with Crippen LogP contribution in [0.3, 0.4) is 0 Å². The molecule has 2 rings (SSSR count). The molecule has 1 aliphatic heterocycles. The number of hydrogen-bond donors (Lipinski definition) is 2. The lowest BCUT2D eigenvalue weighted by atomic mass is 10.1. The van der Waals surface area contributed by atoms with E-state index in [0.29, 0.717) is 5.69 Å². The van der Waals surface area contributed by atoms with E-state index in [9.17, 15) is 9.59 Å². The van der Waals surface area contributed by atoms with Gasteiger partial charge in [-0.1, -0.05) is 0 Å². The maximum atomic E-state index is 11.2. The smallest absolute Gasteiger partial charge is 0.335 e. The molecule has 15 heavy (non-hydrogen) atoms. The first-order valence-electron chi connectivity index (χ1n) is 4.43. The Labute approximate surface area is 85.7 Å². The summed E-state index contributed by atoms with van der Waals surface area (Å²) >= 11 is 0. The van der Waals surface area contributed by atoms with Crippen LogP contribution in [-0.2, 0) is 4.79 Å². The van der Waals surface area contributed by atoms with E-state index in [2.05, 4.69) is 5.32 Å². The molecular formula is C10H9NO4. The van der Waals surface area contributed by atoms with E-state index in [4.69, 9.17) is 9.84 Å². The van der Waals surface area contributed by atoms with Gasteiger partial charge in [0.1, 0.15) is 6.04 Å². The summed E-state index contributed by atoms with van der Waals surface area (Å²) in [5, 5.41) is 11.7. The molecule has 5 nitrogen and oxygen atoms in total. The van der Waals surface area contributed by atoms with E-state index in [1.165, 1.54) is 12.1 Å². The van der Waals surface area contributed by atoms with Gasteiger partial charge in [0.15, 0.2) is 5.75 Å². The molecule has 5 heteroatoms. The predicted molar refractivity (Wildman–Crippen MR) is 52.1 cm³/mol. The van der Waals surface area contributed by atoms with Gasteiger partial charge in [-0.05, 0) is 25.1 Å². The highest BCUT2D eigenvalue weighted by Gasteiger charge is 2.24. The van der Waals surface area contributed by atoms with Crippen molar-refractivity contribution in [3.8, 4) is 5.75 Å². The van der Waals surface area contributed by atoms with Crippen molar-refractivity contribution < 1.29 is 19.4 Å². The standard InChI is InChI=1S/C10H9NO4/c1-5-10(14)15-8-4-6(9(12)13)2-3-7(8)11-5/h2-5,11H,1H3,(H,12,13). The number of ether oxygens (including phenoxy) is 1. The number of hydrogen-bond acceptors (Lipinski definition) is 4. The van der Waals surface area contributed by atoms with Crippen LogP contribution in [0.25, 0.3) is 0 Å². The van der Waals surface area contributed by atoms with Gasteiger partial charge in [0.2, 0.25) is 0 Å². The van der Waals surface area contributed by atoms with Gasteiger partial charge in [0.25, 0.3) is 0 Å². The van der Waals surface area contributed by atoms with Crippen molar-refractivity contribution in [2.45, 2.75) is 13.0 Å². The quantitative estimate of drug-likeness (QED) is 0.532. The van der Waals surface area contributed by atoms with E-state index in [1.54, 1.807) is 13.0 Å². The fourth-order valence-corrected chi connectivity index (χ4v) is 1.35. The summed E-state index contributed by atoms with van der Waals surface area (Å²) in [6.45, 7) is 1.68. The molecule has 0 aliphatic carbocycles. The molecule has 78 valence electrons. The summed E-state index contributed by atoms with van der Waals surface area (Å²) in [6, 6.07) is 3.96. The summed E-state index contributed by atoms with van der Waals surface area (Å²) in [5.74, 6) is -1.20. The first kappa shape index (κ1) is 9.51. The predicted octanol–water partition coefficient (Wildman–Crippen LogP) is 1.10. The van der Waals surface area contributed by atoms with Crippen molar-refractivity contribution in [1.29, 1.82) is 0 Å². The molecular weight excluding hydrogens is 198 g/mol. The summed E-state index contributed by atoms with van der Waals surface area (Å²) in [5.41, 5.74) is 0.727. The molecule has 0 saturated heterocycles. The van der Waals surface area contributed by atoms with Crippen LogP contribution in [0.4, 0.5) is 5.69 Å². The van der Waals surface area contributed by atoms with Gasteiger partial charge >= 0.3 is 11.9 Å². The lowest BCUT2D eigenvalue weighted by molar-refractivity contribution is -0.135. The van der Waals surface area contributed by atoms with Crippen LogP contribution in [0.15, 0.2) is 18.2 Å². The lowest BCUT2D eigenvalue weighted by Gasteiger charge is -2.22. The minimum atomic E-state index is -1.05. The Morgan fingerprint density at radius 2 is 2.27 bits per heavy atom. The number of carboxylic acid groups (broad SMARTS) is 1. The summed E-state index contributed by atoms with van der Waals surface area (Å²) in [7, 11) is 0. The highest BCUT2D eigenvalue weighted by molar-refractivity contribution is 5.92.